The van der Waals surface area contributed by atoms with E-state index in [0.29, 0.717) is 16.5 Å². The Labute approximate surface area is 133 Å². The highest BCUT2D eigenvalue weighted by Gasteiger charge is 2.18. The van der Waals surface area contributed by atoms with Crippen LogP contribution in [0, 0.1) is 5.82 Å². The number of pyridine rings is 1. The van der Waals surface area contributed by atoms with Crippen LogP contribution in [-0.2, 0) is 0 Å². The number of halogens is 2. The normalized spacial score (nSPS) is 16.5. The van der Waals surface area contributed by atoms with E-state index in [9.17, 15) is 9.18 Å². The molecule has 1 aromatic heterocycles. The van der Waals surface area contributed by atoms with E-state index in [2.05, 4.69) is 10.3 Å². The molecule has 1 aromatic carbocycles. The number of amides is 1. The van der Waals surface area contributed by atoms with Crippen molar-refractivity contribution in [2.75, 3.05) is 0 Å². The highest BCUT2D eigenvalue weighted by molar-refractivity contribution is 6.33. The molecule has 2 aromatic rings. The van der Waals surface area contributed by atoms with E-state index in [-0.39, 0.29) is 22.9 Å². The van der Waals surface area contributed by atoms with Crippen molar-refractivity contribution < 1.29 is 9.18 Å². The summed E-state index contributed by atoms with van der Waals surface area (Å²) in [5.41, 5.74) is 0.807. The lowest BCUT2D eigenvalue weighted by molar-refractivity contribution is 0.0933. The molecule has 0 bridgehead atoms. The first kappa shape index (κ1) is 15.2. The Hall–Kier alpha value is -1.68. The van der Waals surface area contributed by atoms with Crippen LogP contribution in [0.25, 0.3) is 10.9 Å². The average Bonchev–Trinajstić information content (AvgIpc) is 2.75. The quantitative estimate of drug-likeness (QED) is 0.655. The van der Waals surface area contributed by atoms with E-state index in [1.165, 1.54) is 25.0 Å². The predicted octanol–water partition coefficient (Wildman–Crippen LogP) is 4.48. The maximum Gasteiger partial charge on any atom is 0.254 e. The summed E-state index contributed by atoms with van der Waals surface area (Å²) in [6.07, 6.45) is 6.78. The van der Waals surface area contributed by atoms with Crippen LogP contribution in [0.3, 0.4) is 0 Å². The summed E-state index contributed by atoms with van der Waals surface area (Å²) < 4.78 is 13.2. The smallest absolute Gasteiger partial charge is 0.254 e. The van der Waals surface area contributed by atoms with Gasteiger partial charge >= 0.3 is 0 Å². The number of nitrogens with zero attached hydrogens (tertiary/aromatic N) is 1. The van der Waals surface area contributed by atoms with Gasteiger partial charge in [-0.25, -0.2) is 9.37 Å². The topological polar surface area (TPSA) is 42.0 Å². The molecule has 22 heavy (non-hydrogen) atoms. The van der Waals surface area contributed by atoms with E-state index in [4.69, 9.17) is 11.6 Å². The summed E-state index contributed by atoms with van der Waals surface area (Å²) in [7, 11) is 0. The van der Waals surface area contributed by atoms with Crippen LogP contribution in [-0.4, -0.2) is 16.9 Å². The lowest BCUT2D eigenvalue weighted by Gasteiger charge is -2.16. The fraction of sp³-hybridized carbons (Fsp3) is 0.412. The molecular weight excluding hydrogens is 303 g/mol. The second-order valence-electron chi connectivity index (χ2n) is 5.83. The Bertz CT molecular complexity index is 696. The molecule has 0 radical (unpaired) electrons. The summed E-state index contributed by atoms with van der Waals surface area (Å²) in [4.78, 5) is 16.6. The van der Waals surface area contributed by atoms with E-state index in [1.54, 1.807) is 12.1 Å². The van der Waals surface area contributed by atoms with Crippen LogP contribution in [0.1, 0.15) is 48.9 Å². The van der Waals surface area contributed by atoms with Crippen LogP contribution in [0.5, 0.6) is 0 Å². The molecule has 1 aliphatic carbocycles. The minimum atomic E-state index is -0.369. The average molecular weight is 321 g/mol. The van der Waals surface area contributed by atoms with Gasteiger partial charge in [0, 0.05) is 17.5 Å². The molecule has 1 saturated carbocycles. The van der Waals surface area contributed by atoms with Crippen LogP contribution in [0.15, 0.2) is 24.3 Å². The lowest BCUT2D eigenvalue weighted by Crippen LogP contribution is -2.34. The molecular formula is C17H18ClFN2O. The molecule has 3 nitrogen and oxygen atoms in total. The number of benzene rings is 1. The van der Waals surface area contributed by atoms with Crippen LogP contribution >= 0.6 is 11.6 Å². The van der Waals surface area contributed by atoms with Crippen molar-refractivity contribution in [2.45, 2.75) is 44.6 Å². The van der Waals surface area contributed by atoms with Gasteiger partial charge in [0.15, 0.2) is 0 Å². The van der Waals surface area contributed by atoms with Crippen LogP contribution < -0.4 is 5.32 Å². The van der Waals surface area contributed by atoms with Gasteiger partial charge in [-0.15, -0.1) is 0 Å². The Kier molecular flexibility index (Phi) is 4.57. The Morgan fingerprint density at radius 2 is 1.91 bits per heavy atom. The minimum absolute atomic E-state index is 0.115. The molecule has 116 valence electrons. The van der Waals surface area contributed by atoms with Gasteiger partial charge in [0.05, 0.1) is 11.1 Å². The number of fused-ring (bicyclic) bond motifs is 1. The van der Waals surface area contributed by atoms with E-state index >= 15 is 0 Å². The van der Waals surface area contributed by atoms with Gasteiger partial charge in [0.25, 0.3) is 5.91 Å². The lowest BCUT2D eigenvalue weighted by atomic mass is 10.1. The van der Waals surface area contributed by atoms with E-state index in [1.807, 2.05) is 0 Å². The van der Waals surface area contributed by atoms with Gasteiger partial charge in [-0.1, -0.05) is 37.3 Å². The second-order valence-corrected chi connectivity index (χ2v) is 6.18. The molecule has 1 heterocycles. The molecule has 0 saturated heterocycles. The third-order valence-electron chi connectivity index (χ3n) is 4.17. The first-order chi connectivity index (χ1) is 10.6. The summed E-state index contributed by atoms with van der Waals surface area (Å²) in [5.74, 6) is -0.567. The molecule has 0 aliphatic heterocycles. The third kappa shape index (κ3) is 3.38. The summed E-state index contributed by atoms with van der Waals surface area (Å²) in [5, 5.41) is 3.88. The first-order valence-electron chi connectivity index (χ1n) is 7.70. The van der Waals surface area contributed by atoms with Crippen molar-refractivity contribution in [3.05, 3.63) is 40.8 Å². The van der Waals surface area contributed by atoms with Crippen LogP contribution in [0.2, 0.25) is 5.15 Å². The number of carbonyl (C=O) groups is 1. The highest BCUT2D eigenvalue weighted by Crippen LogP contribution is 2.23. The Morgan fingerprint density at radius 3 is 2.64 bits per heavy atom. The molecule has 0 unspecified atom stereocenters. The van der Waals surface area contributed by atoms with Crippen molar-refractivity contribution in [3.63, 3.8) is 0 Å². The molecule has 1 N–H and O–H groups in total. The van der Waals surface area contributed by atoms with E-state index in [0.717, 1.165) is 25.7 Å². The Balaban J connectivity index is 1.83. The van der Waals surface area contributed by atoms with Crippen molar-refractivity contribution in [1.82, 2.24) is 10.3 Å². The molecule has 1 aliphatic rings. The molecule has 3 rings (SSSR count). The summed E-state index contributed by atoms with van der Waals surface area (Å²) in [6.45, 7) is 0. The van der Waals surface area contributed by atoms with Crippen molar-refractivity contribution in [2.24, 2.45) is 0 Å². The fourth-order valence-electron chi connectivity index (χ4n) is 2.96. The zero-order valence-corrected chi connectivity index (χ0v) is 13.0. The number of aromatic nitrogens is 1. The van der Waals surface area contributed by atoms with Gasteiger partial charge in [-0.3, -0.25) is 4.79 Å². The molecule has 1 fully saturated rings. The standard InChI is InChI=1S/C17H18ClFN2O/c18-16-14(9-11-7-8-12(19)10-15(11)21-16)17(22)20-13-5-3-1-2-4-6-13/h7-10,13H,1-6H2,(H,20,22). The largest absolute Gasteiger partial charge is 0.349 e. The number of hydrogen-bond donors (Lipinski definition) is 1. The second kappa shape index (κ2) is 6.61. The van der Waals surface area contributed by atoms with Crippen molar-refractivity contribution in [1.29, 1.82) is 0 Å². The zero-order valence-electron chi connectivity index (χ0n) is 12.2. The summed E-state index contributed by atoms with van der Waals surface area (Å²) >= 11 is 6.11. The maximum atomic E-state index is 13.2. The monoisotopic (exact) mass is 320 g/mol. The minimum Gasteiger partial charge on any atom is -0.349 e. The Morgan fingerprint density at radius 1 is 1.18 bits per heavy atom. The first-order valence-corrected chi connectivity index (χ1v) is 8.08. The SMILES string of the molecule is O=C(NC1CCCCCC1)c1cc2ccc(F)cc2nc1Cl. The number of carbonyl (C=O) groups excluding carboxylic acids is 1. The summed E-state index contributed by atoms with van der Waals surface area (Å²) in [6, 6.07) is 6.15. The van der Waals surface area contributed by atoms with Gasteiger partial charge < -0.3 is 5.32 Å². The molecule has 0 spiro atoms. The molecule has 5 heteroatoms. The van der Waals surface area contributed by atoms with Gasteiger partial charge in [-0.2, -0.15) is 0 Å². The third-order valence-corrected chi connectivity index (χ3v) is 4.46. The zero-order chi connectivity index (χ0) is 15.5. The van der Waals surface area contributed by atoms with Gasteiger partial charge in [0.1, 0.15) is 11.0 Å². The van der Waals surface area contributed by atoms with Gasteiger partial charge in [-0.05, 0) is 31.0 Å². The molecule has 1 amide bonds. The number of nitrogens with one attached hydrogen (secondary N) is 1. The van der Waals surface area contributed by atoms with Crippen LogP contribution in [0.4, 0.5) is 4.39 Å². The maximum absolute atomic E-state index is 13.2. The van der Waals surface area contributed by atoms with Gasteiger partial charge in [0.2, 0.25) is 0 Å². The number of hydrogen-bond acceptors (Lipinski definition) is 2. The fourth-order valence-corrected chi connectivity index (χ4v) is 3.19. The number of rotatable bonds is 2. The predicted molar refractivity (Wildman–Crippen MR) is 85.7 cm³/mol. The van der Waals surface area contributed by atoms with Crippen molar-refractivity contribution in [3.8, 4) is 0 Å². The molecule has 0 atom stereocenters. The highest BCUT2D eigenvalue weighted by atomic mass is 35.5. The van der Waals surface area contributed by atoms with E-state index < -0.39 is 0 Å². The van der Waals surface area contributed by atoms with Crippen molar-refractivity contribution >= 4 is 28.4 Å².